The van der Waals surface area contributed by atoms with Crippen molar-refractivity contribution in [2.75, 3.05) is 18.0 Å². The molecule has 1 fully saturated rings. The highest BCUT2D eigenvalue weighted by Crippen LogP contribution is 2.30. The first kappa shape index (κ1) is 14.5. The highest BCUT2D eigenvalue weighted by atomic mass is 32.1. The molecule has 0 aliphatic carbocycles. The minimum Gasteiger partial charge on any atom is -0.348 e. The van der Waals surface area contributed by atoms with Crippen molar-refractivity contribution in [1.29, 1.82) is 0 Å². The normalized spacial score (nSPS) is 16.4. The second-order valence-electron chi connectivity index (χ2n) is 5.83. The summed E-state index contributed by atoms with van der Waals surface area (Å²) in [6.07, 6.45) is 3.72. The van der Waals surface area contributed by atoms with E-state index in [4.69, 9.17) is 5.73 Å². The second kappa shape index (κ2) is 6.58. The van der Waals surface area contributed by atoms with Gasteiger partial charge in [-0.15, -0.1) is 11.3 Å². The fraction of sp³-hybridized carbons (Fsp3) is 0.471. The molecule has 1 aliphatic rings. The Hall–Kier alpha value is -1.39. The smallest absolute Gasteiger partial charge is 0.185 e. The van der Waals surface area contributed by atoms with E-state index in [0.717, 1.165) is 29.8 Å². The Bertz CT molecular complexity index is 571. The van der Waals surface area contributed by atoms with Crippen LogP contribution in [0.3, 0.4) is 0 Å². The van der Waals surface area contributed by atoms with Gasteiger partial charge in [0.25, 0.3) is 0 Å². The summed E-state index contributed by atoms with van der Waals surface area (Å²) in [4.78, 5) is 8.33. The van der Waals surface area contributed by atoms with E-state index in [0.29, 0.717) is 6.54 Å². The number of thiazole rings is 1. The van der Waals surface area contributed by atoms with Crippen LogP contribution in [0, 0.1) is 12.8 Å². The van der Waals surface area contributed by atoms with Gasteiger partial charge >= 0.3 is 0 Å². The van der Waals surface area contributed by atoms with Gasteiger partial charge in [-0.2, -0.15) is 0 Å². The first-order chi connectivity index (χ1) is 10.3. The van der Waals surface area contributed by atoms with Gasteiger partial charge in [-0.25, -0.2) is 4.98 Å². The SMILES string of the molecule is Cc1nc(N2CCC(Cc3ccccc3)CC2)sc1CN. The van der Waals surface area contributed by atoms with E-state index in [1.807, 2.05) is 0 Å². The van der Waals surface area contributed by atoms with Crippen molar-refractivity contribution in [2.45, 2.75) is 32.7 Å². The third-order valence-electron chi connectivity index (χ3n) is 4.32. The number of nitrogens with two attached hydrogens (primary N) is 1. The third kappa shape index (κ3) is 3.44. The average molecular weight is 301 g/mol. The van der Waals surface area contributed by atoms with Crippen LogP contribution < -0.4 is 10.6 Å². The molecule has 0 atom stereocenters. The molecule has 1 aromatic heterocycles. The summed E-state index contributed by atoms with van der Waals surface area (Å²) in [5, 5.41) is 1.16. The van der Waals surface area contributed by atoms with E-state index in [1.165, 1.54) is 29.7 Å². The maximum absolute atomic E-state index is 5.75. The van der Waals surface area contributed by atoms with Crippen molar-refractivity contribution in [2.24, 2.45) is 11.7 Å². The Morgan fingerprint density at radius 1 is 1.24 bits per heavy atom. The number of hydrogen-bond donors (Lipinski definition) is 1. The summed E-state index contributed by atoms with van der Waals surface area (Å²) in [5.74, 6) is 0.804. The molecule has 0 radical (unpaired) electrons. The molecule has 0 amide bonds. The molecule has 112 valence electrons. The van der Waals surface area contributed by atoms with Gasteiger partial charge < -0.3 is 10.6 Å². The molecule has 0 saturated carbocycles. The van der Waals surface area contributed by atoms with Gasteiger partial charge in [-0.1, -0.05) is 30.3 Å². The van der Waals surface area contributed by atoms with Crippen LogP contribution in [0.15, 0.2) is 30.3 Å². The molecular formula is C17H23N3S. The Kier molecular flexibility index (Phi) is 4.56. The molecule has 2 heterocycles. The summed E-state index contributed by atoms with van der Waals surface area (Å²) in [5.41, 5.74) is 8.32. The van der Waals surface area contributed by atoms with Gasteiger partial charge in [0, 0.05) is 24.5 Å². The van der Waals surface area contributed by atoms with Crippen LogP contribution in [0.1, 0.15) is 29.0 Å². The van der Waals surface area contributed by atoms with E-state index >= 15 is 0 Å². The molecule has 3 rings (SSSR count). The molecule has 21 heavy (non-hydrogen) atoms. The first-order valence-corrected chi connectivity index (χ1v) is 8.53. The number of piperidine rings is 1. The average Bonchev–Trinajstić information content (AvgIpc) is 2.90. The molecule has 3 nitrogen and oxygen atoms in total. The van der Waals surface area contributed by atoms with Crippen molar-refractivity contribution in [3.63, 3.8) is 0 Å². The number of anilines is 1. The Morgan fingerprint density at radius 2 is 1.95 bits per heavy atom. The lowest BCUT2D eigenvalue weighted by atomic mass is 9.90. The summed E-state index contributed by atoms with van der Waals surface area (Å²) in [6.45, 7) is 4.90. The van der Waals surface area contributed by atoms with Crippen molar-refractivity contribution < 1.29 is 0 Å². The fourth-order valence-corrected chi connectivity index (χ4v) is 4.00. The van der Waals surface area contributed by atoms with Crippen molar-refractivity contribution in [3.05, 3.63) is 46.5 Å². The molecule has 4 heteroatoms. The summed E-state index contributed by atoms with van der Waals surface area (Å²) >= 11 is 1.76. The number of rotatable bonds is 4. The zero-order valence-electron chi connectivity index (χ0n) is 12.6. The van der Waals surface area contributed by atoms with Gasteiger partial charge in [-0.05, 0) is 37.7 Å². The summed E-state index contributed by atoms with van der Waals surface area (Å²) in [7, 11) is 0. The highest BCUT2D eigenvalue weighted by Gasteiger charge is 2.22. The van der Waals surface area contributed by atoms with E-state index in [9.17, 15) is 0 Å². The lowest BCUT2D eigenvalue weighted by Crippen LogP contribution is -2.34. The predicted molar refractivity (Wildman–Crippen MR) is 89.8 cm³/mol. The quantitative estimate of drug-likeness (QED) is 0.941. The van der Waals surface area contributed by atoms with Crippen LogP contribution in [0.5, 0.6) is 0 Å². The van der Waals surface area contributed by atoms with Crippen LogP contribution in [0.2, 0.25) is 0 Å². The van der Waals surface area contributed by atoms with Crippen molar-refractivity contribution in [1.82, 2.24) is 4.98 Å². The topological polar surface area (TPSA) is 42.2 Å². The van der Waals surface area contributed by atoms with Crippen molar-refractivity contribution in [3.8, 4) is 0 Å². The van der Waals surface area contributed by atoms with Crippen LogP contribution in [0.4, 0.5) is 5.13 Å². The van der Waals surface area contributed by atoms with Gasteiger partial charge in [-0.3, -0.25) is 0 Å². The van der Waals surface area contributed by atoms with Gasteiger partial charge in [0.05, 0.1) is 5.69 Å². The standard InChI is InChI=1S/C17H23N3S/c1-13-16(12-18)21-17(19-13)20-9-7-15(8-10-20)11-14-5-3-2-4-6-14/h2-6,15H,7-12,18H2,1H3. The number of hydrogen-bond acceptors (Lipinski definition) is 4. The molecule has 1 aliphatic heterocycles. The zero-order chi connectivity index (χ0) is 14.7. The Balaban J connectivity index is 1.57. The third-order valence-corrected chi connectivity index (χ3v) is 5.56. The van der Waals surface area contributed by atoms with E-state index < -0.39 is 0 Å². The van der Waals surface area contributed by atoms with Crippen LogP contribution >= 0.6 is 11.3 Å². The maximum atomic E-state index is 5.75. The molecular weight excluding hydrogens is 278 g/mol. The second-order valence-corrected chi connectivity index (χ2v) is 6.89. The minimum atomic E-state index is 0.605. The monoisotopic (exact) mass is 301 g/mol. The molecule has 1 saturated heterocycles. The first-order valence-electron chi connectivity index (χ1n) is 7.71. The minimum absolute atomic E-state index is 0.605. The van der Waals surface area contributed by atoms with E-state index in [1.54, 1.807) is 11.3 Å². The number of aromatic nitrogens is 1. The highest BCUT2D eigenvalue weighted by molar-refractivity contribution is 7.15. The van der Waals surface area contributed by atoms with Crippen LogP contribution in [-0.4, -0.2) is 18.1 Å². The molecule has 0 spiro atoms. The number of nitrogens with zero attached hydrogens (tertiary/aromatic N) is 2. The number of aryl methyl sites for hydroxylation is 1. The number of benzene rings is 1. The van der Waals surface area contributed by atoms with E-state index in [-0.39, 0.29) is 0 Å². The summed E-state index contributed by atoms with van der Waals surface area (Å²) in [6, 6.07) is 10.8. The van der Waals surface area contributed by atoms with Crippen LogP contribution in [0.25, 0.3) is 0 Å². The summed E-state index contributed by atoms with van der Waals surface area (Å²) < 4.78 is 0. The van der Waals surface area contributed by atoms with Gasteiger partial charge in [0.1, 0.15) is 0 Å². The molecule has 2 N–H and O–H groups in total. The molecule has 0 bridgehead atoms. The largest absolute Gasteiger partial charge is 0.348 e. The molecule has 1 aromatic carbocycles. The lowest BCUT2D eigenvalue weighted by molar-refractivity contribution is 0.403. The van der Waals surface area contributed by atoms with Gasteiger partial charge in [0.15, 0.2) is 5.13 Å². The fourth-order valence-electron chi connectivity index (χ4n) is 3.01. The maximum Gasteiger partial charge on any atom is 0.185 e. The van der Waals surface area contributed by atoms with Crippen molar-refractivity contribution >= 4 is 16.5 Å². The zero-order valence-corrected chi connectivity index (χ0v) is 13.4. The molecule has 2 aromatic rings. The van der Waals surface area contributed by atoms with E-state index in [2.05, 4.69) is 47.1 Å². The Labute approximate surface area is 130 Å². The predicted octanol–water partition coefficient (Wildman–Crippen LogP) is 3.37. The lowest BCUT2D eigenvalue weighted by Gasteiger charge is -2.31. The Morgan fingerprint density at radius 3 is 2.57 bits per heavy atom. The molecule has 0 unspecified atom stereocenters. The van der Waals surface area contributed by atoms with Gasteiger partial charge in [0.2, 0.25) is 0 Å². The van der Waals surface area contributed by atoms with Crippen LogP contribution in [-0.2, 0) is 13.0 Å².